The molecular weight excluding hydrogens is 496 g/mol. The third kappa shape index (κ3) is 9.24. The lowest BCUT2D eigenvalue weighted by molar-refractivity contribution is 0.100. The number of nitrogens with one attached hydrogen (secondary N) is 1. The highest BCUT2D eigenvalue weighted by molar-refractivity contribution is 7.62. The van der Waals surface area contributed by atoms with Gasteiger partial charge in [0.15, 0.2) is 0 Å². The van der Waals surface area contributed by atoms with Gasteiger partial charge >= 0.3 is 10.5 Å². The Labute approximate surface area is 203 Å². The number of halogens is 3. The van der Waals surface area contributed by atoms with Gasteiger partial charge in [-0.2, -0.15) is 8.42 Å². The maximum atomic E-state index is 14.1. The third-order valence-electron chi connectivity index (χ3n) is 4.18. The first kappa shape index (κ1) is 27.0. The average Bonchev–Trinajstić information content (AvgIpc) is 2.76. The van der Waals surface area contributed by atoms with Crippen molar-refractivity contribution in [1.29, 1.82) is 0 Å². The molecule has 1 amide bonds. The fourth-order valence-corrected chi connectivity index (χ4v) is 3.28. The zero-order valence-electron chi connectivity index (χ0n) is 18.1. The predicted molar refractivity (Wildman–Crippen MR) is 123 cm³/mol. The summed E-state index contributed by atoms with van der Waals surface area (Å²) in [5.74, 6) is -1.80. The van der Waals surface area contributed by atoms with Gasteiger partial charge in [0, 0.05) is 12.1 Å². The normalized spacial score (nSPS) is 13.0. The lowest BCUT2D eigenvalue weighted by atomic mass is 10.2. The zero-order chi connectivity index (χ0) is 24.4. The fraction of sp³-hybridized carbons (Fsp3) is 0.429. The van der Waals surface area contributed by atoms with Gasteiger partial charge in [0.1, 0.15) is 22.3 Å². The van der Waals surface area contributed by atoms with Crippen molar-refractivity contribution in [3.8, 4) is 17.4 Å². The summed E-state index contributed by atoms with van der Waals surface area (Å²) < 4.78 is 48.5. The number of rotatable bonds is 6. The summed E-state index contributed by atoms with van der Waals surface area (Å²) in [5, 5.41) is 3.34. The quantitative estimate of drug-likeness (QED) is 0.550. The molecular formula is C21H24Cl2FN3O5S. The minimum atomic E-state index is -3.01. The van der Waals surface area contributed by atoms with E-state index in [2.05, 4.69) is 14.7 Å². The average molecular weight is 520 g/mol. The Balaban J connectivity index is 0.000000554. The highest BCUT2D eigenvalue weighted by Gasteiger charge is 2.17. The van der Waals surface area contributed by atoms with Gasteiger partial charge in [-0.1, -0.05) is 47.8 Å². The minimum Gasteiger partial charge on any atom is -0.476 e. The first-order chi connectivity index (χ1) is 15.7. The van der Waals surface area contributed by atoms with Crippen molar-refractivity contribution in [2.45, 2.75) is 33.1 Å². The molecule has 8 nitrogen and oxygen atoms in total. The first-order valence-corrected chi connectivity index (χ1v) is 12.0. The largest absolute Gasteiger partial charge is 0.476 e. The van der Waals surface area contributed by atoms with E-state index in [4.69, 9.17) is 32.7 Å². The number of carbonyl (C=O) groups excluding carboxylic acids is 1. The second-order valence-corrected chi connectivity index (χ2v) is 8.88. The van der Waals surface area contributed by atoms with E-state index in [1.165, 1.54) is 44.6 Å². The van der Waals surface area contributed by atoms with Gasteiger partial charge in [0.05, 0.1) is 23.4 Å². The number of amides is 1. The summed E-state index contributed by atoms with van der Waals surface area (Å²) in [5.41, 5.74) is -0.606. The summed E-state index contributed by atoms with van der Waals surface area (Å²) in [7, 11) is -3.01. The molecule has 1 saturated heterocycles. The van der Waals surface area contributed by atoms with Crippen molar-refractivity contribution in [3.63, 3.8) is 0 Å². The van der Waals surface area contributed by atoms with Crippen LogP contribution < -0.4 is 14.8 Å². The SMILES string of the molecule is C1CCNCC1.CC(C)COc1ncc(Oc2cc(F)c(C(=O)N=S(=O)=O)cc2Cl)cc1Cl. The predicted octanol–water partition coefficient (Wildman–Crippen LogP) is 5.32. The lowest BCUT2D eigenvalue weighted by Gasteiger charge is -2.12. The van der Waals surface area contributed by atoms with Gasteiger partial charge in [-0.25, -0.2) is 9.37 Å². The van der Waals surface area contributed by atoms with Crippen molar-refractivity contribution < 1.29 is 27.1 Å². The third-order valence-corrected chi connectivity index (χ3v) is 5.06. The van der Waals surface area contributed by atoms with Crippen LogP contribution in [0.5, 0.6) is 17.4 Å². The number of pyridine rings is 1. The molecule has 1 N–H and O–H groups in total. The number of aromatic nitrogens is 1. The van der Waals surface area contributed by atoms with Gasteiger partial charge in [0.25, 0.3) is 5.91 Å². The van der Waals surface area contributed by atoms with Crippen molar-refractivity contribution >= 4 is 39.6 Å². The molecule has 2 aromatic rings. The molecule has 12 heteroatoms. The van der Waals surface area contributed by atoms with Crippen molar-refractivity contribution in [3.05, 3.63) is 45.8 Å². The summed E-state index contributed by atoms with van der Waals surface area (Å²) in [4.78, 5) is 15.6. The van der Waals surface area contributed by atoms with Crippen molar-refractivity contribution in [1.82, 2.24) is 10.3 Å². The minimum absolute atomic E-state index is 0.123. The van der Waals surface area contributed by atoms with Crippen LogP contribution in [0.2, 0.25) is 10.0 Å². The molecule has 180 valence electrons. The van der Waals surface area contributed by atoms with Crippen LogP contribution in [0.1, 0.15) is 43.5 Å². The molecule has 0 bridgehead atoms. The van der Waals surface area contributed by atoms with Gasteiger partial charge in [-0.15, -0.1) is 0 Å². The van der Waals surface area contributed by atoms with E-state index in [9.17, 15) is 17.6 Å². The van der Waals surface area contributed by atoms with Crippen molar-refractivity contribution in [2.75, 3.05) is 19.7 Å². The van der Waals surface area contributed by atoms with Gasteiger partial charge < -0.3 is 14.8 Å². The zero-order valence-corrected chi connectivity index (χ0v) is 20.4. The van der Waals surface area contributed by atoms with Crippen LogP contribution in [-0.2, 0) is 10.5 Å². The van der Waals surface area contributed by atoms with Crippen LogP contribution in [0.4, 0.5) is 4.39 Å². The molecule has 2 heterocycles. The first-order valence-electron chi connectivity index (χ1n) is 10.2. The molecule has 0 aliphatic carbocycles. The molecule has 1 aliphatic heterocycles. The summed E-state index contributed by atoms with van der Waals surface area (Å²) in [6.07, 6.45) is 5.53. The standard InChI is InChI=1S/C16H13Cl2FN2O5S.C5H11N/c1-8(2)7-25-16-12(18)3-9(6-20-16)26-14-5-13(19)10(4-11(14)17)15(22)21-27(23)24;1-2-4-6-5-3-1/h3-6,8H,7H2,1-2H3;6H,1-5H2. The smallest absolute Gasteiger partial charge is 0.319 e. The monoisotopic (exact) mass is 519 g/mol. The van der Waals surface area contributed by atoms with Gasteiger partial charge in [-0.3, -0.25) is 4.79 Å². The Kier molecular flexibility index (Phi) is 11.0. The molecule has 33 heavy (non-hydrogen) atoms. The Morgan fingerprint density at radius 2 is 1.88 bits per heavy atom. The Morgan fingerprint density at radius 3 is 2.39 bits per heavy atom. The fourth-order valence-electron chi connectivity index (χ4n) is 2.63. The lowest BCUT2D eigenvalue weighted by Crippen LogP contribution is -2.21. The Hall–Kier alpha value is -2.27. The summed E-state index contributed by atoms with van der Waals surface area (Å²) in [6.45, 7) is 6.87. The summed E-state index contributed by atoms with van der Waals surface area (Å²) in [6, 6.07) is 3.16. The van der Waals surface area contributed by atoms with E-state index in [0.717, 1.165) is 12.1 Å². The highest BCUT2D eigenvalue weighted by atomic mass is 35.5. The maximum Gasteiger partial charge on any atom is 0.319 e. The van der Waals surface area contributed by atoms with Crippen molar-refractivity contribution in [2.24, 2.45) is 10.3 Å². The highest BCUT2D eigenvalue weighted by Crippen LogP contribution is 2.34. The number of piperidine rings is 1. The molecule has 3 rings (SSSR count). The van der Waals surface area contributed by atoms with Crippen LogP contribution in [0.3, 0.4) is 0 Å². The molecule has 0 spiro atoms. The van der Waals surface area contributed by atoms with E-state index in [1.807, 2.05) is 13.8 Å². The number of hydrogen-bond acceptors (Lipinski definition) is 7. The number of carbonyl (C=O) groups is 1. The van der Waals surface area contributed by atoms with E-state index >= 15 is 0 Å². The van der Waals surface area contributed by atoms with Crippen LogP contribution in [0, 0.1) is 11.7 Å². The molecule has 1 fully saturated rings. The van der Waals surface area contributed by atoms with E-state index < -0.39 is 27.8 Å². The van der Waals surface area contributed by atoms with Gasteiger partial charge in [-0.05, 0) is 37.9 Å². The molecule has 0 saturated carbocycles. The maximum absolute atomic E-state index is 14.1. The Bertz CT molecular complexity index is 1090. The number of ether oxygens (including phenoxy) is 2. The Morgan fingerprint density at radius 1 is 1.18 bits per heavy atom. The molecule has 0 unspecified atom stereocenters. The van der Waals surface area contributed by atoms with E-state index in [-0.39, 0.29) is 33.3 Å². The van der Waals surface area contributed by atoms with Crippen LogP contribution >= 0.6 is 23.2 Å². The second kappa shape index (κ2) is 13.4. The number of nitrogens with zero attached hydrogens (tertiary/aromatic N) is 2. The van der Waals surface area contributed by atoms with Gasteiger partial charge in [0.2, 0.25) is 5.88 Å². The van der Waals surface area contributed by atoms with Crippen LogP contribution in [-0.4, -0.2) is 39.0 Å². The van der Waals surface area contributed by atoms with E-state index in [1.54, 1.807) is 0 Å². The molecule has 1 aliphatic rings. The molecule has 1 aromatic carbocycles. The number of hydrogen-bond donors (Lipinski definition) is 1. The topological polar surface area (TPSA) is 107 Å². The van der Waals surface area contributed by atoms with E-state index in [0.29, 0.717) is 6.61 Å². The number of benzene rings is 1. The van der Waals surface area contributed by atoms with Crippen LogP contribution in [0.25, 0.3) is 0 Å². The second-order valence-electron chi connectivity index (χ2n) is 7.45. The molecule has 0 radical (unpaired) electrons. The molecule has 0 atom stereocenters. The summed E-state index contributed by atoms with van der Waals surface area (Å²) >= 11 is 12.0. The molecule has 1 aromatic heterocycles. The van der Waals surface area contributed by atoms with Crippen LogP contribution in [0.15, 0.2) is 28.8 Å².